The third-order valence-electron chi connectivity index (χ3n) is 5.13. The molecule has 0 fully saturated rings. The first kappa shape index (κ1) is 19.7. The molecular formula is C23H17F3N2O2. The summed E-state index contributed by atoms with van der Waals surface area (Å²) >= 11 is 0. The smallest absolute Gasteiger partial charge is 0.354 e. The number of nitrogens with one attached hydrogen (secondary N) is 1. The van der Waals surface area contributed by atoms with Gasteiger partial charge < -0.3 is 4.98 Å². The largest absolute Gasteiger partial charge is 0.416 e. The van der Waals surface area contributed by atoms with E-state index in [0.717, 1.165) is 34.3 Å². The average molecular weight is 410 g/mol. The Labute approximate surface area is 170 Å². The van der Waals surface area contributed by atoms with Crippen molar-refractivity contribution in [1.82, 2.24) is 4.98 Å². The maximum absolute atomic E-state index is 13.0. The van der Waals surface area contributed by atoms with E-state index in [1.54, 1.807) is 0 Å². The number of rotatable bonds is 5. The number of hydrogen-bond acceptors (Lipinski definition) is 2. The van der Waals surface area contributed by atoms with E-state index < -0.39 is 29.1 Å². The lowest BCUT2D eigenvalue weighted by molar-refractivity contribution is -0.481. The average Bonchev–Trinajstić information content (AvgIpc) is 3.11. The highest BCUT2D eigenvalue weighted by Gasteiger charge is 2.32. The van der Waals surface area contributed by atoms with Crippen molar-refractivity contribution >= 4 is 10.9 Å². The normalized spacial score (nSPS) is 12.8. The second-order valence-corrected chi connectivity index (χ2v) is 7.01. The zero-order chi connectivity index (χ0) is 21.3. The lowest BCUT2D eigenvalue weighted by Crippen LogP contribution is -2.15. The fraction of sp³-hybridized carbons (Fsp3) is 0.130. The highest BCUT2D eigenvalue weighted by Crippen LogP contribution is 2.39. The van der Waals surface area contributed by atoms with Crippen LogP contribution in [0.25, 0.3) is 22.2 Å². The van der Waals surface area contributed by atoms with E-state index in [0.29, 0.717) is 11.1 Å². The molecule has 4 nitrogen and oxygen atoms in total. The highest BCUT2D eigenvalue weighted by atomic mass is 19.4. The Morgan fingerprint density at radius 3 is 2.17 bits per heavy atom. The van der Waals surface area contributed by atoms with Gasteiger partial charge in [-0.05, 0) is 34.9 Å². The number of alkyl halides is 3. The topological polar surface area (TPSA) is 58.9 Å². The molecule has 0 spiro atoms. The summed E-state index contributed by atoms with van der Waals surface area (Å²) < 4.78 is 39.0. The minimum absolute atomic E-state index is 0.432. The van der Waals surface area contributed by atoms with Gasteiger partial charge in [0.2, 0.25) is 6.54 Å². The molecule has 3 aromatic carbocycles. The number of aromatic amines is 1. The summed E-state index contributed by atoms with van der Waals surface area (Å²) in [6.45, 7) is -0.437. The molecule has 0 aliphatic rings. The van der Waals surface area contributed by atoms with Crippen LogP contribution in [-0.2, 0) is 6.18 Å². The number of fused-ring (bicyclic) bond motifs is 1. The molecule has 0 bridgehead atoms. The molecule has 0 radical (unpaired) electrons. The van der Waals surface area contributed by atoms with Gasteiger partial charge in [0.05, 0.1) is 17.2 Å². The molecular weight excluding hydrogens is 393 g/mol. The number of nitro groups is 1. The Hall–Kier alpha value is -3.61. The number of aromatic nitrogens is 1. The number of nitrogens with zero attached hydrogens (tertiary/aromatic N) is 1. The van der Waals surface area contributed by atoms with Crippen LogP contribution in [0.1, 0.15) is 22.6 Å². The highest BCUT2D eigenvalue weighted by molar-refractivity contribution is 5.92. The van der Waals surface area contributed by atoms with Gasteiger partial charge in [0.15, 0.2) is 0 Å². The molecule has 152 valence electrons. The molecule has 7 heteroatoms. The summed E-state index contributed by atoms with van der Waals surface area (Å²) in [5.74, 6) is -0.714. The molecule has 4 rings (SSSR count). The van der Waals surface area contributed by atoms with Crippen LogP contribution in [0, 0.1) is 10.1 Å². The number of H-pyrrole nitrogens is 1. The van der Waals surface area contributed by atoms with E-state index in [9.17, 15) is 23.3 Å². The van der Waals surface area contributed by atoms with E-state index in [4.69, 9.17) is 0 Å². The second-order valence-electron chi connectivity index (χ2n) is 7.01. The first-order valence-electron chi connectivity index (χ1n) is 9.29. The minimum Gasteiger partial charge on any atom is -0.354 e. The SMILES string of the molecule is O=[N+]([O-])CC(c1ccc(C(F)(F)F)cc1)c1c(-c2ccccc2)[nH]c2ccccc12. The van der Waals surface area contributed by atoms with Crippen LogP contribution in [0.15, 0.2) is 78.9 Å². The van der Waals surface area contributed by atoms with Crippen molar-refractivity contribution in [2.75, 3.05) is 6.54 Å². The Bertz CT molecular complexity index is 1180. The minimum atomic E-state index is -4.47. The van der Waals surface area contributed by atoms with Crippen LogP contribution in [0.5, 0.6) is 0 Å². The standard InChI is InChI=1S/C23H17F3N2O2/c24-23(25,26)17-12-10-15(11-13-17)19(14-28(29)30)21-18-8-4-5-9-20(18)27-22(21)16-6-2-1-3-7-16/h1-13,19,27H,14H2. The van der Waals surface area contributed by atoms with Gasteiger partial charge in [-0.3, -0.25) is 10.1 Å². The van der Waals surface area contributed by atoms with Crippen molar-refractivity contribution in [3.63, 3.8) is 0 Å². The Morgan fingerprint density at radius 1 is 0.900 bits per heavy atom. The van der Waals surface area contributed by atoms with Gasteiger partial charge in [0.1, 0.15) is 0 Å². The summed E-state index contributed by atoms with van der Waals surface area (Å²) in [7, 11) is 0. The zero-order valence-corrected chi connectivity index (χ0v) is 15.7. The Morgan fingerprint density at radius 2 is 1.53 bits per heavy atom. The zero-order valence-electron chi connectivity index (χ0n) is 15.7. The van der Waals surface area contributed by atoms with Crippen LogP contribution in [-0.4, -0.2) is 16.5 Å². The van der Waals surface area contributed by atoms with Gasteiger partial charge >= 0.3 is 6.18 Å². The van der Waals surface area contributed by atoms with Crippen molar-refractivity contribution in [3.05, 3.63) is 106 Å². The molecule has 1 atom stereocenters. The summed E-state index contributed by atoms with van der Waals surface area (Å²) in [6, 6.07) is 21.4. The van der Waals surface area contributed by atoms with Crippen LogP contribution in [0.2, 0.25) is 0 Å². The van der Waals surface area contributed by atoms with Crippen molar-refractivity contribution in [1.29, 1.82) is 0 Å². The van der Waals surface area contributed by atoms with Gasteiger partial charge in [-0.15, -0.1) is 0 Å². The van der Waals surface area contributed by atoms with Gasteiger partial charge in [-0.25, -0.2) is 0 Å². The quantitative estimate of drug-likeness (QED) is 0.312. The van der Waals surface area contributed by atoms with E-state index in [-0.39, 0.29) is 0 Å². The monoisotopic (exact) mass is 410 g/mol. The Kier molecular flexibility index (Phi) is 5.03. The molecule has 30 heavy (non-hydrogen) atoms. The van der Waals surface area contributed by atoms with Gasteiger partial charge in [-0.1, -0.05) is 60.7 Å². The molecule has 0 aliphatic heterocycles. The summed E-state index contributed by atoms with van der Waals surface area (Å²) in [4.78, 5) is 14.4. The first-order valence-corrected chi connectivity index (χ1v) is 9.29. The van der Waals surface area contributed by atoms with Crippen molar-refractivity contribution in [2.24, 2.45) is 0 Å². The molecule has 0 aliphatic carbocycles. The van der Waals surface area contributed by atoms with E-state index >= 15 is 0 Å². The second kappa shape index (κ2) is 7.67. The third-order valence-corrected chi connectivity index (χ3v) is 5.13. The number of hydrogen-bond donors (Lipinski definition) is 1. The number of para-hydroxylation sites is 1. The molecule has 0 amide bonds. The van der Waals surface area contributed by atoms with Gasteiger partial charge in [0, 0.05) is 15.8 Å². The molecule has 0 saturated heterocycles. The first-order chi connectivity index (χ1) is 14.3. The molecule has 1 aromatic heterocycles. The fourth-order valence-electron chi connectivity index (χ4n) is 3.77. The van der Waals surface area contributed by atoms with E-state index in [1.807, 2.05) is 54.6 Å². The lowest BCUT2D eigenvalue weighted by atomic mass is 9.87. The maximum atomic E-state index is 13.0. The van der Waals surface area contributed by atoms with Crippen molar-refractivity contribution < 1.29 is 18.1 Å². The predicted octanol–water partition coefficient (Wildman–Crippen LogP) is 6.26. The summed E-state index contributed by atoms with van der Waals surface area (Å²) in [6.07, 6.45) is -4.47. The van der Waals surface area contributed by atoms with Gasteiger partial charge in [-0.2, -0.15) is 13.2 Å². The Balaban J connectivity index is 1.92. The van der Waals surface area contributed by atoms with Crippen LogP contribution in [0.3, 0.4) is 0 Å². The van der Waals surface area contributed by atoms with Gasteiger partial charge in [0.25, 0.3) is 0 Å². The van der Waals surface area contributed by atoms with Crippen LogP contribution >= 0.6 is 0 Å². The van der Waals surface area contributed by atoms with Crippen molar-refractivity contribution in [2.45, 2.75) is 12.1 Å². The summed E-state index contributed by atoms with van der Waals surface area (Å²) in [5, 5.41) is 12.3. The summed E-state index contributed by atoms with van der Waals surface area (Å²) in [5.41, 5.74) is 2.77. The molecule has 1 N–H and O–H groups in total. The molecule has 1 unspecified atom stereocenters. The van der Waals surface area contributed by atoms with Crippen LogP contribution < -0.4 is 0 Å². The third kappa shape index (κ3) is 3.78. The number of halogens is 3. The predicted molar refractivity (Wildman–Crippen MR) is 109 cm³/mol. The van der Waals surface area contributed by atoms with Crippen LogP contribution in [0.4, 0.5) is 13.2 Å². The lowest BCUT2D eigenvalue weighted by Gasteiger charge is -2.17. The van der Waals surface area contributed by atoms with E-state index in [1.165, 1.54) is 12.1 Å². The van der Waals surface area contributed by atoms with Crippen molar-refractivity contribution in [3.8, 4) is 11.3 Å². The molecule has 1 heterocycles. The molecule has 4 aromatic rings. The maximum Gasteiger partial charge on any atom is 0.416 e. The van der Waals surface area contributed by atoms with E-state index in [2.05, 4.69) is 4.98 Å². The number of benzene rings is 3. The fourth-order valence-corrected chi connectivity index (χ4v) is 3.77. The molecule has 0 saturated carbocycles.